The lowest BCUT2D eigenvalue weighted by Crippen LogP contribution is -2.45. The third-order valence-corrected chi connectivity index (χ3v) is 6.17. The number of guanidine groups is 1. The first-order valence-corrected chi connectivity index (χ1v) is 11.7. The number of likely N-dealkylation sites (tertiary alicyclic amines) is 1. The first-order valence-electron chi connectivity index (χ1n) is 11.7. The number of nitrogens with one attached hydrogen (secondary N) is 2. The van der Waals surface area contributed by atoms with Crippen LogP contribution in [0.5, 0.6) is 5.75 Å². The lowest BCUT2D eigenvalue weighted by molar-refractivity contribution is -0.134. The number of hydrogen-bond acceptors (Lipinski definition) is 4. The normalized spacial score (nSPS) is 19.2. The Bertz CT molecular complexity index is 720. The lowest BCUT2D eigenvalue weighted by Gasteiger charge is -2.21. The van der Waals surface area contributed by atoms with Crippen molar-refractivity contribution in [3.8, 4) is 5.75 Å². The fraction of sp³-hybridized carbons (Fsp3) is 0.667. The van der Waals surface area contributed by atoms with Crippen molar-refractivity contribution in [1.82, 2.24) is 20.4 Å². The predicted molar refractivity (Wildman–Crippen MR) is 141 cm³/mol. The second-order valence-electron chi connectivity index (χ2n) is 8.97. The summed E-state index contributed by atoms with van der Waals surface area (Å²) in [6.07, 6.45) is 6.52. The first-order chi connectivity index (χ1) is 15.0. The van der Waals surface area contributed by atoms with E-state index in [2.05, 4.69) is 46.8 Å². The molecule has 1 aliphatic heterocycles. The maximum absolute atomic E-state index is 12.6. The monoisotopic (exact) mass is 557 g/mol. The van der Waals surface area contributed by atoms with Gasteiger partial charge >= 0.3 is 0 Å². The highest BCUT2D eigenvalue weighted by atomic mass is 127. The van der Waals surface area contributed by atoms with Crippen molar-refractivity contribution in [2.45, 2.75) is 51.1 Å². The summed E-state index contributed by atoms with van der Waals surface area (Å²) in [5, 5.41) is 6.87. The average molecular weight is 558 g/mol. The molecule has 1 saturated heterocycles. The number of nitrogens with zero attached hydrogens (tertiary/aromatic N) is 3. The van der Waals surface area contributed by atoms with Crippen molar-refractivity contribution >= 4 is 35.8 Å². The molecule has 1 aromatic rings. The van der Waals surface area contributed by atoms with E-state index in [-0.39, 0.29) is 35.9 Å². The summed E-state index contributed by atoms with van der Waals surface area (Å²) in [7, 11) is 5.93. The Hall–Kier alpha value is -1.55. The molecule has 0 aromatic heterocycles. The number of halogens is 1. The van der Waals surface area contributed by atoms with Gasteiger partial charge in [0.2, 0.25) is 5.91 Å². The van der Waals surface area contributed by atoms with Crippen molar-refractivity contribution in [3.05, 3.63) is 29.8 Å². The van der Waals surface area contributed by atoms with Gasteiger partial charge in [0.15, 0.2) is 5.96 Å². The summed E-state index contributed by atoms with van der Waals surface area (Å²) in [6.45, 7) is 4.07. The van der Waals surface area contributed by atoms with Crippen molar-refractivity contribution in [2.75, 3.05) is 47.4 Å². The lowest BCUT2D eigenvalue weighted by atomic mass is 10.1. The summed E-state index contributed by atoms with van der Waals surface area (Å²) in [6, 6.07) is 8.46. The molecule has 8 heteroatoms. The van der Waals surface area contributed by atoms with Gasteiger partial charge < -0.3 is 25.2 Å². The highest BCUT2D eigenvalue weighted by molar-refractivity contribution is 14.0. The zero-order valence-electron chi connectivity index (χ0n) is 19.8. The number of hydrogen-bond donors (Lipinski definition) is 2. The molecule has 0 spiro atoms. The van der Waals surface area contributed by atoms with Crippen LogP contribution < -0.4 is 15.4 Å². The predicted octanol–water partition coefficient (Wildman–Crippen LogP) is 3.09. The Kier molecular flexibility index (Phi) is 11.6. The van der Waals surface area contributed by atoms with E-state index in [0.29, 0.717) is 12.5 Å². The van der Waals surface area contributed by atoms with Crippen LogP contribution in [0, 0.1) is 5.92 Å². The summed E-state index contributed by atoms with van der Waals surface area (Å²) >= 11 is 0. The van der Waals surface area contributed by atoms with E-state index < -0.39 is 0 Å². The average Bonchev–Trinajstić information content (AvgIpc) is 3.47. The molecule has 2 fully saturated rings. The standard InChI is InChI=1S/C24H39N5O2.HI/c1-25-24(27-21-13-15-29(18-21)23(30)20-7-4-5-8-20)26-17-19-9-11-22(12-10-19)31-16-6-14-28(2)3;/h9-12,20-21H,4-8,13-18H2,1-3H3,(H2,25,26,27);1H. The van der Waals surface area contributed by atoms with Crippen molar-refractivity contribution in [3.63, 3.8) is 0 Å². The largest absolute Gasteiger partial charge is 0.494 e. The minimum atomic E-state index is 0. The molecule has 7 nitrogen and oxygen atoms in total. The van der Waals surface area contributed by atoms with E-state index in [1.807, 2.05) is 17.0 Å². The number of benzene rings is 1. The van der Waals surface area contributed by atoms with Crippen molar-refractivity contribution < 1.29 is 9.53 Å². The van der Waals surface area contributed by atoms with E-state index >= 15 is 0 Å². The summed E-state index contributed by atoms with van der Waals surface area (Å²) in [5.41, 5.74) is 1.17. The van der Waals surface area contributed by atoms with Gasteiger partial charge in [-0.05, 0) is 57.5 Å². The molecule has 1 heterocycles. The van der Waals surface area contributed by atoms with E-state index in [4.69, 9.17) is 4.74 Å². The van der Waals surface area contributed by atoms with Gasteiger partial charge in [-0.3, -0.25) is 9.79 Å². The van der Waals surface area contributed by atoms with Gasteiger partial charge in [-0.25, -0.2) is 0 Å². The van der Waals surface area contributed by atoms with Crippen molar-refractivity contribution in [2.24, 2.45) is 10.9 Å². The first kappa shape index (κ1) is 26.7. The maximum Gasteiger partial charge on any atom is 0.225 e. The summed E-state index contributed by atoms with van der Waals surface area (Å²) < 4.78 is 5.80. The third kappa shape index (κ3) is 8.42. The van der Waals surface area contributed by atoms with E-state index in [0.717, 1.165) is 63.6 Å². The Morgan fingerprint density at radius 1 is 1.19 bits per heavy atom. The molecule has 1 aromatic carbocycles. The molecule has 0 bridgehead atoms. The van der Waals surface area contributed by atoms with Gasteiger partial charge in [-0.1, -0.05) is 25.0 Å². The van der Waals surface area contributed by atoms with E-state index in [1.54, 1.807) is 7.05 Å². The summed E-state index contributed by atoms with van der Waals surface area (Å²) in [5.74, 6) is 2.30. The quantitative estimate of drug-likeness (QED) is 0.212. The smallest absolute Gasteiger partial charge is 0.225 e. The molecule has 2 N–H and O–H groups in total. The molecule has 1 aliphatic carbocycles. The molecule has 2 aliphatic rings. The third-order valence-electron chi connectivity index (χ3n) is 6.17. The highest BCUT2D eigenvalue weighted by Gasteiger charge is 2.32. The molecule has 1 unspecified atom stereocenters. The van der Waals surface area contributed by atoms with Crippen LogP contribution in [0.25, 0.3) is 0 Å². The molecule has 0 radical (unpaired) electrons. The number of carbonyl (C=O) groups excluding carboxylic acids is 1. The van der Waals surface area contributed by atoms with Gasteiger partial charge in [-0.15, -0.1) is 24.0 Å². The second kappa shape index (κ2) is 13.9. The Morgan fingerprint density at radius 3 is 2.56 bits per heavy atom. The van der Waals surface area contributed by atoms with Crippen LogP contribution in [0.3, 0.4) is 0 Å². The zero-order valence-corrected chi connectivity index (χ0v) is 22.1. The Labute approximate surface area is 210 Å². The maximum atomic E-state index is 12.6. The van der Waals surface area contributed by atoms with Crippen molar-refractivity contribution in [1.29, 1.82) is 0 Å². The van der Waals surface area contributed by atoms with Crippen LogP contribution in [0.4, 0.5) is 0 Å². The van der Waals surface area contributed by atoms with Gasteiger partial charge in [0.1, 0.15) is 5.75 Å². The number of ether oxygens (including phenoxy) is 1. The molecule has 1 atom stereocenters. The number of aliphatic imine (C=N–C) groups is 1. The molecule has 3 rings (SSSR count). The van der Waals surface area contributed by atoms with Crippen LogP contribution >= 0.6 is 24.0 Å². The van der Waals surface area contributed by atoms with E-state index in [1.165, 1.54) is 18.4 Å². The van der Waals surface area contributed by atoms with E-state index in [9.17, 15) is 4.79 Å². The minimum Gasteiger partial charge on any atom is -0.494 e. The molecular weight excluding hydrogens is 517 g/mol. The minimum absolute atomic E-state index is 0. The Balaban J connectivity index is 0.00000363. The van der Waals surface area contributed by atoms with Crippen LogP contribution in [-0.4, -0.2) is 75.1 Å². The molecule has 180 valence electrons. The highest BCUT2D eigenvalue weighted by Crippen LogP contribution is 2.27. The summed E-state index contributed by atoms with van der Waals surface area (Å²) in [4.78, 5) is 21.2. The fourth-order valence-corrected chi connectivity index (χ4v) is 4.36. The van der Waals surface area contributed by atoms with Gasteiger partial charge in [0.25, 0.3) is 0 Å². The fourth-order valence-electron chi connectivity index (χ4n) is 4.36. The van der Waals surface area contributed by atoms with Gasteiger partial charge in [0.05, 0.1) is 6.61 Å². The van der Waals surface area contributed by atoms with Crippen LogP contribution in [0.15, 0.2) is 29.3 Å². The molecule has 1 saturated carbocycles. The van der Waals surface area contributed by atoms with Gasteiger partial charge in [-0.2, -0.15) is 0 Å². The SMILES string of the molecule is CN=C(NCc1ccc(OCCCN(C)C)cc1)NC1CCN(C(=O)C2CCCC2)C1.I. The number of carbonyl (C=O) groups is 1. The number of rotatable bonds is 9. The van der Waals surface area contributed by atoms with Crippen LogP contribution in [-0.2, 0) is 11.3 Å². The zero-order chi connectivity index (χ0) is 22.1. The second-order valence-corrected chi connectivity index (χ2v) is 8.97. The molecular formula is C24H40IN5O2. The van der Waals surface area contributed by atoms with Crippen LogP contribution in [0.2, 0.25) is 0 Å². The topological polar surface area (TPSA) is 69.2 Å². The molecule has 32 heavy (non-hydrogen) atoms. The van der Waals surface area contributed by atoms with Crippen LogP contribution in [0.1, 0.15) is 44.1 Å². The molecule has 1 amide bonds. The number of amides is 1. The Morgan fingerprint density at radius 2 is 1.91 bits per heavy atom. The van der Waals surface area contributed by atoms with Gasteiger partial charge in [0, 0.05) is 45.2 Å².